The van der Waals surface area contributed by atoms with Crippen LogP contribution in [0.5, 0.6) is 0 Å². The minimum absolute atomic E-state index is 0.453. The summed E-state index contributed by atoms with van der Waals surface area (Å²) in [6, 6.07) is 7.71. The summed E-state index contributed by atoms with van der Waals surface area (Å²) in [5, 5.41) is 14.0. The number of aliphatic hydroxyl groups excluding tert-OH is 1. The molecule has 1 atom stereocenters. The molecule has 2 nitrogen and oxygen atoms in total. The Morgan fingerprint density at radius 1 is 1.33 bits per heavy atom. The van der Waals surface area contributed by atoms with Crippen LogP contribution in [0.3, 0.4) is 0 Å². The highest BCUT2D eigenvalue weighted by Gasteiger charge is 2.08. The largest absolute Gasteiger partial charge is 0.387 e. The minimum Gasteiger partial charge on any atom is -0.387 e. The van der Waals surface area contributed by atoms with Gasteiger partial charge in [0.05, 0.1) is 11.8 Å². The quantitative estimate of drug-likeness (QED) is 0.857. The summed E-state index contributed by atoms with van der Waals surface area (Å²) in [5.74, 6) is 0. The smallest absolute Gasteiger partial charge is 0.0962 e. The first kappa shape index (κ1) is 10.3. The minimum atomic E-state index is -0.453. The fourth-order valence-corrected chi connectivity index (χ4v) is 2.16. The van der Waals surface area contributed by atoms with E-state index in [1.807, 2.05) is 18.2 Å². The van der Waals surface area contributed by atoms with Crippen molar-refractivity contribution in [1.29, 1.82) is 0 Å². The summed E-state index contributed by atoms with van der Waals surface area (Å²) in [6.45, 7) is 0. The molecule has 2 aromatic rings. The first-order valence-corrected chi connectivity index (χ1v) is 5.90. The van der Waals surface area contributed by atoms with E-state index in [2.05, 4.69) is 21.8 Å². The molecule has 0 saturated heterocycles. The topological polar surface area (TPSA) is 33.1 Å². The average Bonchev–Trinajstić information content (AvgIpc) is 2.80. The summed E-state index contributed by atoms with van der Waals surface area (Å²) in [7, 11) is 0. The highest BCUT2D eigenvalue weighted by molar-refractivity contribution is 7.07. The van der Waals surface area contributed by atoms with Crippen molar-refractivity contribution < 1.29 is 5.11 Å². The molecule has 0 fully saturated rings. The van der Waals surface area contributed by atoms with Crippen LogP contribution in [0.15, 0.2) is 41.2 Å². The number of thiophene rings is 1. The summed E-state index contributed by atoms with van der Waals surface area (Å²) < 4.78 is 0. The lowest BCUT2D eigenvalue weighted by molar-refractivity contribution is 0.163. The van der Waals surface area contributed by atoms with E-state index in [1.165, 1.54) is 5.56 Å². The molecular formula is C12H13NOS. The third-order valence-electron chi connectivity index (χ3n) is 2.32. The average molecular weight is 219 g/mol. The molecule has 15 heavy (non-hydrogen) atoms. The SMILES string of the molecule is OC(CCc1ccsc1)c1ccccn1. The molecule has 2 aromatic heterocycles. The molecule has 0 spiro atoms. The lowest BCUT2D eigenvalue weighted by atomic mass is 10.1. The summed E-state index contributed by atoms with van der Waals surface area (Å²) in [6.07, 6.45) is 2.89. The number of nitrogens with zero attached hydrogens (tertiary/aromatic N) is 1. The number of aliphatic hydroxyl groups is 1. The third kappa shape index (κ3) is 2.88. The molecule has 0 saturated carbocycles. The van der Waals surface area contributed by atoms with Gasteiger partial charge in [-0.3, -0.25) is 4.98 Å². The molecule has 0 radical (unpaired) electrons. The fourth-order valence-electron chi connectivity index (χ4n) is 1.46. The van der Waals surface area contributed by atoms with Gasteiger partial charge in [0.2, 0.25) is 0 Å². The molecule has 78 valence electrons. The predicted molar refractivity (Wildman–Crippen MR) is 61.8 cm³/mol. The van der Waals surface area contributed by atoms with Gasteiger partial charge in [-0.15, -0.1) is 0 Å². The Balaban J connectivity index is 1.90. The van der Waals surface area contributed by atoms with E-state index in [1.54, 1.807) is 17.5 Å². The zero-order valence-electron chi connectivity index (χ0n) is 8.34. The molecule has 0 aliphatic heterocycles. The van der Waals surface area contributed by atoms with Gasteiger partial charge in [-0.2, -0.15) is 11.3 Å². The van der Waals surface area contributed by atoms with Crippen LogP contribution < -0.4 is 0 Å². The maximum atomic E-state index is 9.86. The number of pyridine rings is 1. The second-order valence-electron chi connectivity index (χ2n) is 3.44. The van der Waals surface area contributed by atoms with Crippen molar-refractivity contribution in [2.45, 2.75) is 18.9 Å². The van der Waals surface area contributed by atoms with Crippen molar-refractivity contribution in [2.24, 2.45) is 0 Å². The van der Waals surface area contributed by atoms with E-state index in [9.17, 15) is 5.11 Å². The van der Waals surface area contributed by atoms with Crippen molar-refractivity contribution in [2.75, 3.05) is 0 Å². The number of aryl methyl sites for hydroxylation is 1. The van der Waals surface area contributed by atoms with Crippen molar-refractivity contribution >= 4 is 11.3 Å². The molecule has 0 aliphatic rings. The lowest BCUT2D eigenvalue weighted by Crippen LogP contribution is -2.01. The van der Waals surface area contributed by atoms with Gasteiger partial charge in [0.1, 0.15) is 0 Å². The van der Waals surface area contributed by atoms with Gasteiger partial charge in [-0.05, 0) is 47.4 Å². The van der Waals surface area contributed by atoms with Gasteiger partial charge >= 0.3 is 0 Å². The normalized spacial score (nSPS) is 12.6. The summed E-state index contributed by atoms with van der Waals surface area (Å²) in [5.41, 5.74) is 2.04. The van der Waals surface area contributed by atoms with Crippen molar-refractivity contribution in [1.82, 2.24) is 4.98 Å². The van der Waals surface area contributed by atoms with Gasteiger partial charge < -0.3 is 5.11 Å². The van der Waals surface area contributed by atoms with Crippen LogP contribution in [-0.4, -0.2) is 10.1 Å². The van der Waals surface area contributed by atoms with E-state index < -0.39 is 6.10 Å². The maximum absolute atomic E-state index is 9.86. The van der Waals surface area contributed by atoms with Crippen molar-refractivity contribution in [3.8, 4) is 0 Å². The molecule has 3 heteroatoms. The second kappa shape index (κ2) is 5.05. The van der Waals surface area contributed by atoms with E-state index >= 15 is 0 Å². The Bertz CT molecular complexity index is 385. The summed E-state index contributed by atoms with van der Waals surface area (Å²) >= 11 is 1.69. The molecule has 2 heterocycles. The van der Waals surface area contributed by atoms with Crippen LogP contribution in [0, 0.1) is 0 Å². The van der Waals surface area contributed by atoms with E-state index in [0.29, 0.717) is 0 Å². The predicted octanol–water partition coefficient (Wildman–Crippen LogP) is 2.81. The number of hydrogen-bond donors (Lipinski definition) is 1. The Hall–Kier alpha value is -1.19. The Morgan fingerprint density at radius 2 is 2.27 bits per heavy atom. The van der Waals surface area contributed by atoms with Gasteiger partial charge in [0.15, 0.2) is 0 Å². The van der Waals surface area contributed by atoms with Crippen molar-refractivity contribution in [3.05, 3.63) is 52.5 Å². The highest BCUT2D eigenvalue weighted by Crippen LogP contribution is 2.17. The summed E-state index contributed by atoms with van der Waals surface area (Å²) in [4.78, 5) is 4.13. The van der Waals surface area contributed by atoms with Crippen LogP contribution in [0.25, 0.3) is 0 Å². The maximum Gasteiger partial charge on any atom is 0.0962 e. The van der Waals surface area contributed by atoms with Gasteiger partial charge in [0, 0.05) is 6.20 Å². The van der Waals surface area contributed by atoms with E-state index in [4.69, 9.17) is 0 Å². The molecule has 1 N–H and O–H groups in total. The number of rotatable bonds is 4. The van der Waals surface area contributed by atoms with Crippen LogP contribution in [0.2, 0.25) is 0 Å². The Kier molecular flexibility index (Phi) is 3.48. The first-order valence-electron chi connectivity index (χ1n) is 4.96. The van der Waals surface area contributed by atoms with E-state index in [0.717, 1.165) is 18.5 Å². The Labute approximate surface area is 93.2 Å². The molecule has 0 bridgehead atoms. The first-order chi connectivity index (χ1) is 7.36. The molecular weight excluding hydrogens is 206 g/mol. The molecule has 0 aliphatic carbocycles. The van der Waals surface area contributed by atoms with Crippen molar-refractivity contribution in [3.63, 3.8) is 0 Å². The highest BCUT2D eigenvalue weighted by atomic mass is 32.1. The molecule has 1 unspecified atom stereocenters. The van der Waals surface area contributed by atoms with Gasteiger partial charge in [-0.1, -0.05) is 6.07 Å². The number of hydrogen-bond acceptors (Lipinski definition) is 3. The van der Waals surface area contributed by atoms with Crippen LogP contribution >= 0.6 is 11.3 Å². The monoisotopic (exact) mass is 219 g/mol. The fraction of sp³-hybridized carbons (Fsp3) is 0.250. The van der Waals surface area contributed by atoms with E-state index in [-0.39, 0.29) is 0 Å². The van der Waals surface area contributed by atoms with Crippen LogP contribution in [0.4, 0.5) is 0 Å². The molecule has 0 aromatic carbocycles. The van der Waals surface area contributed by atoms with Crippen LogP contribution in [0.1, 0.15) is 23.8 Å². The molecule has 0 amide bonds. The second-order valence-corrected chi connectivity index (χ2v) is 4.22. The molecule has 2 rings (SSSR count). The zero-order valence-corrected chi connectivity index (χ0v) is 9.15. The number of aromatic nitrogens is 1. The third-order valence-corrected chi connectivity index (χ3v) is 3.05. The zero-order chi connectivity index (χ0) is 10.5. The Morgan fingerprint density at radius 3 is 2.93 bits per heavy atom. The van der Waals surface area contributed by atoms with Gasteiger partial charge in [-0.25, -0.2) is 0 Å². The lowest BCUT2D eigenvalue weighted by Gasteiger charge is -2.08. The van der Waals surface area contributed by atoms with Gasteiger partial charge in [0.25, 0.3) is 0 Å². The van der Waals surface area contributed by atoms with Crippen LogP contribution in [-0.2, 0) is 6.42 Å². The standard InChI is InChI=1S/C12H13NOS/c14-12(11-3-1-2-7-13-11)5-4-10-6-8-15-9-10/h1-3,6-9,12,14H,4-5H2.